The Hall–Kier alpha value is -6.62. The van der Waals surface area contributed by atoms with Crippen LogP contribution in [0.15, 0.2) is 122 Å². The van der Waals surface area contributed by atoms with Gasteiger partial charge in [-0.25, -0.2) is 19.9 Å². The van der Waals surface area contributed by atoms with Gasteiger partial charge in [-0.2, -0.15) is 9.97 Å². The summed E-state index contributed by atoms with van der Waals surface area (Å²) in [5.41, 5.74) is 8.45. The molecule has 0 radical (unpaired) electrons. The normalized spacial score (nSPS) is 12.0. The van der Waals surface area contributed by atoms with Gasteiger partial charge in [0.1, 0.15) is 11.5 Å². The van der Waals surface area contributed by atoms with Crippen LogP contribution in [0.3, 0.4) is 0 Å². The van der Waals surface area contributed by atoms with Gasteiger partial charge < -0.3 is 4.74 Å². The molecule has 6 heterocycles. The van der Waals surface area contributed by atoms with Gasteiger partial charge >= 0.3 is 0 Å². The number of fused-ring (bicyclic) bond motifs is 10. The Morgan fingerprint density at radius 2 is 0.889 bits per heavy atom. The van der Waals surface area contributed by atoms with E-state index in [1.165, 1.54) is 0 Å². The third-order valence-electron chi connectivity index (χ3n) is 8.07. The lowest BCUT2D eigenvalue weighted by atomic mass is 10.2. The number of imidazole rings is 4. The van der Waals surface area contributed by atoms with E-state index >= 15 is 0 Å². The fourth-order valence-electron chi connectivity index (χ4n) is 6.26. The minimum atomic E-state index is 0.597. The van der Waals surface area contributed by atoms with E-state index in [0.29, 0.717) is 22.8 Å². The highest BCUT2D eigenvalue weighted by atomic mass is 16.5. The summed E-state index contributed by atoms with van der Waals surface area (Å²) >= 11 is 0. The van der Waals surface area contributed by atoms with Crippen molar-refractivity contribution in [1.82, 2.24) is 47.8 Å². The van der Waals surface area contributed by atoms with Crippen LogP contribution in [0, 0.1) is 0 Å². The number of rotatable bonds is 4. The van der Waals surface area contributed by atoms with Crippen molar-refractivity contribution in [2.24, 2.45) is 0 Å². The lowest BCUT2D eigenvalue weighted by molar-refractivity contribution is 0.482. The highest BCUT2D eigenvalue weighted by Gasteiger charge is 2.20. The average Bonchev–Trinajstić information content (AvgIpc) is 3.81. The molecule has 0 saturated heterocycles. The lowest BCUT2D eigenvalue weighted by Gasteiger charge is -2.11. The minimum Gasteiger partial charge on any atom is -0.457 e. The van der Waals surface area contributed by atoms with E-state index in [2.05, 4.69) is 53.3 Å². The molecule has 0 saturated carbocycles. The number of nitrogens with zero attached hydrogens (tertiary/aromatic N) is 10. The summed E-state index contributed by atoms with van der Waals surface area (Å²) in [6, 6.07) is 32.4. The fourth-order valence-corrected chi connectivity index (χ4v) is 6.26. The molecule has 6 aromatic heterocycles. The second-order valence-electron chi connectivity index (χ2n) is 10.6. The van der Waals surface area contributed by atoms with Gasteiger partial charge in [0.25, 0.3) is 0 Å². The molecular weight excluding hydrogens is 564 g/mol. The van der Waals surface area contributed by atoms with Crippen LogP contribution < -0.4 is 4.74 Å². The average molecular weight is 585 g/mol. The van der Waals surface area contributed by atoms with Crippen LogP contribution >= 0.6 is 0 Å². The van der Waals surface area contributed by atoms with Crippen molar-refractivity contribution in [3.8, 4) is 22.9 Å². The van der Waals surface area contributed by atoms with Crippen LogP contribution in [0.2, 0.25) is 0 Å². The van der Waals surface area contributed by atoms with Gasteiger partial charge in [-0.1, -0.05) is 36.4 Å². The Morgan fingerprint density at radius 1 is 0.444 bits per heavy atom. The maximum atomic E-state index is 6.49. The molecule has 0 aliphatic rings. The predicted molar refractivity (Wildman–Crippen MR) is 170 cm³/mol. The summed E-state index contributed by atoms with van der Waals surface area (Å²) in [5, 5.41) is 0. The molecule has 11 nitrogen and oxygen atoms in total. The summed E-state index contributed by atoms with van der Waals surface area (Å²) in [6.07, 6.45) is 6.70. The summed E-state index contributed by atoms with van der Waals surface area (Å²) in [4.78, 5) is 27.7. The van der Waals surface area contributed by atoms with Crippen molar-refractivity contribution in [1.29, 1.82) is 0 Å². The van der Waals surface area contributed by atoms with E-state index in [9.17, 15) is 0 Å². The maximum absolute atomic E-state index is 6.49. The van der Waals surface area contributed by atoms with Crippen LogP contribution in [0.5, 0.6) is 11.5 Å². The van der Waals surface area contributed by atoms with Crippen molar-refractivity contribution in [2.75, 3.05) is 0 Å². The number of aromatic nitrogens is 10. The second-order valence-corrected chi connectivity index (χ2v) is 10.6. The van der Waals surface area contributed by atoms with Crippen molar-refractivity contribution < 1.29 is 4.74 Å². The van der Waals surface area contributed by atoms with E-state index < -0.39 is 0 Å². The first-order valence-corrected chi connectivity index (χ1v) is 14.4. The fraction of sp³-hybridized carbons (Fsp3) is 0. The van der Waals surface area contributed by atoms with Crippen molar-refractivity contribution in [3.05, 3.63) is 122 Å². The molecule has 0 aliphatic carbocycles. The molecule has 10 aromatic rings. The predicted octanol–water partition coefficient (Wildman–Crippen LogP) is 6.55. The lowest BCUT2D eigenvalue weighted by Crippen LogP contribution is -1.97. The topological polar surface area (TPSA) is 105 Å². The monoisotopic (exact) mass is 584 g/mol. The standard InChI is InChI=1S/C34H20N10O/c1-3-13-27-25(11-1)41(33-39-29-31(43(27)33)37-17-15-35-29)21-7-5-9-23(19-21)45-24-10-6-8-22(20-24)42-26-12-2-4-14-28(26)44-32-30(40-34(42)44)36-16-18-38-32/h1-20H. The largest absolute Gasteiger partial charge is 0.457 e. The van der Waals surface area contributed by atoms with Gasteiger partial charge in [-0.15, -0.1) is 0 Å². The van der Waals surface area contributed by atoms with Crippen LogP contribution in [-0.4, -0.2) is 47.8 Å². The Bertz CT molecular complexity index is 2580. The summed E-state index contributed by atoms with van der Waals surface area (Å²) < 4.78 is 14.8. The Kier molecular flexibility index (Phi) is 4.75. The van der Waals surface area contributed by atoms with Gasteiger partial charge in [0, 0.05) is 36.9 Å². The Labute approximate surface area is 253 Å². The second kappa shape index (κ2) is 8.94. The molecule has 212 valence electrons. The number of hydrogen-bond donors (Lipinski definition) is 0. The highest BCUT2D eigenvalue weighted by molar-refractivity contribution is 5.90. The van der Waals surface area contributed by atoms with Crippen LogP contribution in [-0.2, 0) is 0 Å². The number of benzene rings is 4. The van der Waals surface area contributed by atoms with Gasteiger partial charge in [0.15, 0.2) is 22.6 Å². The number of para-hydroxylation sites is 4. The third kappa shape index (κ3) is 3.40. The first-order valence-electron chi connectivity index (χ1n) is 14.4. The van der Waals surface area contributed by atoms with E-state index in [1.54, 1.807) is 24.8 Å². The molecule has 45 heavy (non-hydrogen) atoms. The Balaban J connectivity index is 1.09. The Morgan fingerprint density at radius 3 is 1.38 bits per heavy atom. The van der Waals surface area contributed by atoms with Crippen LogP contribution in [0.1, 0.15) is 0 Å². The van der Waals surface area contributed by atoms with Crippen LogP contribution in [0.4, 0.5) is 0 Å². The molecule has 0 N–H and O–H groups in total. The van der Waals surface area contributed by atoms with E-state index in [0.717, 1.165) is 56.3 Å². The molecule has 0 aliphatic heterocycles. The molecule has 10 rings (SSSR count). The third-order valence-corrected chi connectivity index (χ3v) is 8.07. The first kappa shape index (κ1) is 23.9. The highest BCUT2D eigenvalue weighted by Crippen LogP contribution is 2.33. The maximum Gasteiger partial charge on any atom is 0.223 e. The molecular formula is C34H20N10O. The minimum absolute atomic E-state index is 0.597. The van der Waals surface area contributed by atoms with Gasteiger partial charge in [-0.05, 0) is 48.5 Å². The molecule has 0 atom stereocenters. The quantitative estimate of drug-likeness (QED) is 0.231. The molecule has 0 amide bonds. The van der Waals surface area contributed by atoms with E-state index in [1.807, 2.05) is 81.6 Å². The zero-order valence-electron chi connectivity index (χ0n) is 23.4. The van der Waals surface area contributed by atoms with E-state index in [4.69, 9.17) is 14.7 Å². The van der Waals surface area contributed by atoms with Crippen molar-refractivity contribution in [2.45, 2.75) is 0 Å². The number of ether oxygens (including phenoxy) is 1. The first-order chi connectivity index (χ1) is 22.3. The summed E-state index contributed by atoms with van der Waals surface area (Å²) in [7, 11) is 0. The smallest absolute Gasteiger partial charge is 0.223 e. The van der Waals surface area contributed by atoms with Crippen molar-refractivity contribution in [3.63, 3.8) is 0 Å². The zero-order valence-corrected chi connectivity index (χ0v) is 23.4. The van der Waals surface area contributed by atoms with Crippen LogP contribution in [0.25, 0.3) is 67.6 Å². The zero-order chi connectivity index (χ0) is 29.5. The summed E-state index contributed by atoms with van der Waals surface area (Å²) in [6.45, 7) is 0. The molecule has 0 unspecified atom stereocenters. The molecule has 4 aromatic carbocycles. The van der Waals surface area contributed by atoms with Crippen molar-refractivity contribution >= 4 is 56.2 Å². The molecule has 0 spiro atoms. The molecule has 11 heteroatoms. The van der Waals surface area contributed by atoms with Gasteiger partial charge in [0.2, 0.25) is 11.6 Å². The number of hydrogen-bond acceptors (Lipinski definition) is 7. The van der Waals surface area contributed by atoms with Gasteiger partial charge in [-0.3, -0.25) is 17.9 Å². The molecule has 0 fully saturated rings. The summed E-state index contributed by atoms with van der Waals surface area (Å²) in [5.74, 6) is 2.85. The SMILES string of the molecule is c1cc(Oc2cccc(-n3c4ccccc4n4c5nccnc5nc34)c2)cc(-n2c3ccccc3n3c4nccnc4nc23)c1. The van der Waals surface area contributed by atoms with Gasteiger partial charge in [0.05, 0.1) is 33.4 Å². The molecule has 0 bridgehead atoms. The van der Waals surface area contributed by atoms with E-state index in [-0.39, 0.29) is 0 Å².